The van der Waals surface area contributed by atoms with Crippen LogP contribution in [0.15, 0.2) is 12.6 Å². The van der Waals surface area contributed by atoms with Gasteiger partial charge in [-0.1, -0.05) is 52.2 Å². The molecule has 11 heavy (non-hydrogen) atoms. The Kier molecular flexibility index (Phi) is 7.77. The van der Waals surface area contributed by atoms with E-state index in [2.05, 4.69) is 26.4 Å². The Labute approximate surface area is 72.2 Å². The fraction of sp³-hybridized carbons (Fsp3) is 0.800. The summed E-state index contributed by atoms with van der Waals surface area (Å²) in [5.41, 5.74) is 0. The molecule has 0 aliphatic heterocycles. The second-order valence-electron chi connectivity index (χ2n) is 3.28. The smallest absolute Gasteiger partial charge is 0.122 e. The van der Waals surface area contributed by atoms with Gasteiger partial charge in [0.2, 0.25) is 0 Å². The molecule has 0 aromatic carbocycles. The lowest BCUT2D eigenvalue weighted by atomic mass is 9.44. The topological polar surface area (TPSA) is 0 Å². The summed E-state index contributed by atoms with van der Waals surface area (Å²) in [4.78, 5) is 0. The van der Waals surface area contributed by atoms with Crippen LogP contribution in [0.5, 0.6) is 0 Å². The van der Waals surface area contributed by atoms with Gasteiger partial charge in [-0.15, -0.1) is 12.6 Å². The van der Waals surface area contributed by atoms with Crippen LogP contribution in [0.2, 0.25) is 12.6 Å². The molecular weight excluding hydrogens is 131 g/mol. The van der Waals surface area contributed by atoms with Crippen molar-refractivity contribution >= 4 is 6.71 Å². The molecule has 0 radical (unpaired) electrons. The number of rotatable bonds is 7. The van der Waals surface area contributed by atoms with Gasteiger partial charge in [-0.05, 0) is 0 Å². The molecule has 0 nitrogen and oxygen atoms in total. The van der Waals surface area contributed by atoms with Crippen molar-refractivity contribution < 1.29 is 0 Å². The van der Waals surface area contributed by atoms with Crippen molar-refractivity contribution in [3.05, 3.63) is 12.6 Å². The summed E-state index contributed by atoms with van der Waals surface area (Å²) in [5, 5.41) is 0. The molecule has 0 unspecified atom stereocenters. The molecule has 0 N–H and O–H groups in total. The molecule has 0 rings (SSSR count). The zero-order valence-corrected chi connectivity index (χ0v) is 8.10. The predicted octanol–water partition coefficient (Wildman–Crippen LogP) is 3.81. The van der Waals surface area contributed by atoms with Gasteiger partial charge in [-0.3, -0.25) is 0 Å². The van der Waals surface area contributed by atoms with Crippen molar-refractivity contribution in [3.8, 4) is 0 Å². The van der Waals surface area contributed by atoms with Gasteiger partial charge in [0.05, 0.1) is 0 Å². The van der Waals surface area contributed by atoms with Gasteiger partial charge >= 0.3 is 0 Å². The molecule has 0 fully saturated rings. The second kappa shape index (κ2) is 7.91. The maximum atomic E-state index is 3.87. The summed E-state index contributed by atoms with van der Waals surface area (Å²) in [7, 11) is 0. The van der Waals surface area contributed by atoms with Crippen LogP contribution in [0.1, 0.15) is 39.5 Å². The SMILES string of the molecule is C=CB(CCCC)CCCC. The monoisotopic (exact) mass is 152 g/mol. The van der Waals surface area contributed by atoms with Gasteiger partial charge in [0.1, 0.15) is 0 Å². The van der Waals surface area contributed by atoms with Gasteiger partial charge in [-0.25, -0.2) is 0 Å². The highest BCUT2D eigenvalue weighted by atomic mass is 13.8. The van der Waals surface area contributed by atoms with Crippen LogP contribution in [-0.2, 0) is 0 Å². The van der Waals surface area contributed by atoms with E-state index in [1.807, 2.05) is 0 Å². The summed E-state index contributed by atoms with van der Waals surface area (Å²) in [5.74, 6) is 2.13. The first-order valence-corrected chi connectivity index (χ1v) is 4.97. The van der Waals surface area contributed by atoms with Crippen LogP contribution >= 0.6 is 0 Å². The quantitative estimate of drug-likeness (QED) is 0.486. The first-order valence-electron chi connectivity index (χ1n) is 4.97. The molecule has 0 spiro atoms. The normalized spacial score (nSPS) is 9.64. The van der Waals surface area contributed by atoms with Crippen molar-refractivity contribution in [3.63, 3.8) is 0 Å². The van der Waals surface area contributed by atoms with Crippen molar-refractivity contribution in [2.75, 3.05) is 0 Å². The molecule has 0 saturated heterocycles. The van der Waals surface area contributed by atoms with Gasteiger partial charge in [-0.2, -0.15) is 0 Å². The molecule has 0 atom stereocenters. The number of hydrogen-bond acceptors (Lipinski definition) is 0. The lowest BCUT2D eigenvalue weighted by molar-refractivity contribution is 0.845. The van der Waals surface area contributed by atoms with Crippen LogP contribution in [0.25, 0.3) is 0 Å². The molecular formula is C10H21B. The van der Waals surface area contributed by atoms with Gasteiger partial charge in [0.15, 0.2) is 6.71 Å². The molecule has 64 valence electrons. The minimum absolute atomic E-state index is 0.787. The Morgan fingerprint density at radius 1 is 1.09 bits per heavy atom. The zero-order valence-electron chi connectivity index (χ0n) is 8.10. The first kappa shape index (κ1) is 10.8. The minimum atomic E-state index is 0.787. The molecule has 0 saturated carbocycles. The summed E-state index contributed by atoms with van der Waals surface area (Å²) in [6, 6.07) is 0. The molecule has 0 aromatic rings. The Hall–Kier alpha value is -0.195. The lowest BCUT2D eigenvalue weighted by Gasteiger charge is -2.05. The van der Waals surface area contributed by atoms with E-state index in [1.54, 1.807) is 0 Å². The van der Waals surface area contributed by atoms with Crippen LogP contribution in [0, 0.1) is 0 Å². The molecule has 0 bridgehead atoms. The Morgan fingerprint density at radius 3 is 1.82 bits per heavy atom. The van der Waals surface area contributed by atoms with E-state index in [0.29, 0.717) is 0 Å². The number of hydrogen-bond donors (Lipinski definition) is 0. The van der Waals surface area contributed by atoms with Crippen LogP contribution < -0.4 is 0 Å². The minimum Gasteiger partial charge on any atom is -0.122 e. The third-order valence-electron chi connectivity index (χ3n) is 2.19. The molecule has 1 heteroatoms. The Balaban J connectivity index is 3.33. The third-order valence-corrected chi connectivity index (χ3v) is 2.19. The maximum Gasteiger partial charge on any atom is 0.165 e. The molecule has 0 aliphatic carbocycles. The van der Waals surface area contributed by atoms with E-state index in [4.69, 9.17) is 0 Å². The van der Waals surface area contributed by atoms with Gasteiger partial charge < -0.3 is 0 Å². The van der Waals surface area contributed by atoms with Crippen molar-refractivity contribution in [2.24, 2.45) is 0 Å². The van der Waals surface area contributed by atoms with Gasteiger partial charge in [0.25, 0.3) is 0 Å². The van der Waals surface area contributed by atoms with E-state index in [0.717, 1.165) is 6.71 Å². The number of unbranched alkanes of at least 4 members (excludes halogenated alkanes) is 2. The summed E-state index contributed by atoms with van der Waals surface area (Å²) in [6.45, 7) is 9.15. The predicted molar refractivity (Wildman–Crippen MR) is 55.4 cm³/mol. The van der Waals surface area contributed by atoms with Crippen LogP contribution in [0.3, 0.4) is 0 Å². The highest BCUT2D eigenvalue weighted by Crippen LogP contribution is 2.09. The first-order chi connectivity index (χ1) is 5.35. The fourth-order valence-corrected chi connectivity index (χ4v) is 1.31. The lowest BCUT2D eigenvalue weighted by Crippen LogP contribution is -2.07. The van der Waals surface area contributed by atoms with Gasteiger partial charge in [0, 0.05) is 0 Å². The average Bonchev–Trinajstić information content (AvgIpc) is 2.05. The van der Waals surface area contributed by atoms with Crippen molar-refractivity contribution in [1.29, 1.82) is 0 Å². The second-order valence-corrected chi connectivity index (χ2v) is 3.28. The average molecular weight is 152 g/mol. The van der Waals surface area contributed by atoms with E-state index in [-0.39, 0.29) is 0 Å². The third kappa shape index (κ3) is 6.21. The van der Waals surface area contributed by atoms with Crippen molar-refractivity contribution in [1.82, 2.24) is 0 Å². The molecule has 0 aromatic heterocycles. The standard InChI is InChI=1S/C10H21B/c1-4-7-9-11(6-3)10-8-5-2/h6H,3-5,7-10H2,1-2H3. The van der Waals surface area contributed by atoms with E-state index >= 15 is 0 Å². The van der Waals surface area contributed by atoms with Crippen molar-refractivity contribution in [2.45, 2.75) is 52.2 Å². The Bertz CT molecular complexity index is 80.9. The molecule has 0 aliphatic rings. The largest absolute Gasteiger partial charge is 0.165 e. The summed E-state index contributed by atoms with van der Waals surface area (Å²) in [6.07, 6.45) is 8.05. The fourth-order valence-electron chi connectivity index (χ4n) is 1.31. The zero-order chi connectivity index (χ0) is 8.53. The summed E-state index contributed by atoms with van der Waals surface area (Å²) >= 11 is 0. The maximum absolute atomic E-state index is 3.87. The summed E-state index contributed by atoms with van der Waals surface area (Å²) < 4.78 is 0. The Morgan fingerprint density at radius 2 is 1.55 bits per heavy atom. The highest BCUT2D eigenvalue weighted by Gasteiger charge is 2.06. The highest BCUT2D eigenvalue weighted by molar-refractivity contribution is 6.64. The van der Waals surface area contributed by atoms with E-state index in [9.17, 15) is 0 Å². The van der Waals surface area contributed by atoms with E-state index < -0.39 is 0 Å². The molecule has 0 heterocycles. The van der Waals surface area contributed by atoms with Crippen LogP contribution in [-0.4, -0.2) is 6.71 Å². The molecule has 0 amide bonds. The van der Waals surface area contributed by atoms with Crippen LogP contribution in [0.4, 0.5) is 0 Å². The van der Waals surface area contributed by atoms with E-state index in [1.165, 1.54) is 38.3 Å².